The smallest absolute Gasteiger partial charge is 0.278 e. The van der Waals surface area contributed by atoms with E-state index in [1.165, 1.54) is 5.56 Å². The zero-order valence-electron chi connectivity index (χ0n) is 13.9. The quantitative estimate of drug-likeness (QED) is 0.795. The maximum absolute atomic E-state index is 12.7. The standard InChI is InChI=1S/C20H18N4O/c1-14-6-2-4-8-16(14)21-19-11-10-17(22-23-19)20(25)24-13-12-15-7-3-5-9-18(15)24/h2-11H,12-13H2,1H3,(H,21,23). The topological polar surface area (TPSA) is 58.1 Å². The van der Waals surface area contributed by atoms with Gasteiger partial charge in [0.15, 0.2) is 11.5 Å². The Bertz CT molecular complexity index is 921. The molecular formula is C20H18N4O. The van der Waals surface area contributed by atoms with Gasteiger partial charge in [0.2, 0.25) is 0 Å². The summed E-state index contributed by atoms with van der Waals surface area (Å²) in [6, 6.07) is 19.4. The van der Waals surface area contributed by atoms with E-state index in [9.17, 15) is 4.79 Å². The van der Waals surface area contributed by atoms with Gasteiger partial charge in [0.05, 0.1) is 0 Å². The van der Waals surface area contributed by atoms with Crippen LogP contribution < -0.4 is 10.2 Å². The average molecular weight is 330 g/mol. The average Bonchev–Trinajstić information content (AvgIpc) is 3.08. The Kier molecular flexibility index (Phi) is 3.90. The molecule has 25 heavy (non-hydrogen) atoms. The molecule has 1 amide bonds. The van der Waals surface area contributed by atoms with E-state index >= 15 is 0 Å². The molecule has 0 fully saturated rings. The number of benzene rings is 2. The molecule has 1 N–H and O–H groups in total. The van der Waals surface area contributed by atoms with Gasteiger partial charge in [0.25, 0.3) is 5.91 Å². The third-order valence-corrected chi connectivity index (χ3v) is 4.42. The van der Waals surface area contributed by atoms with Crippen LogP contribution in [0.1, 0.15) is 21.6 Å². The third-order valence-electron chi connectivity index (χ3n) is 4.42. The van der Waals surface area contributed by atoms with E-state index in [-0.39, 0.29) is 5.91 Å². The normalized spacial score (nSPS) is 12.8. The Morgan fingerprint density at radius 2 is 1.80 bits per heavy atom. The molecule has 0 bridgehead atoms. The van der Waals surface area contributed by atoms with Gasteiger partial charge in [0.1, 0.15) is 0 Å². The molecule has 124 valence electrons. The molecule has 2 aromatic carbocycles. The molecule has 4 rings (SSSR count). The van der Waals surface area contributed by atoms with Gasteiger partial charge in [-0.2, -0.15) is 0 Å². The van der Waals surface area contributed by atoms with Crippen LogP contribution in [-0.4, -0.2) is 22.6 Å². The van der Waals surface area contributed by atoms with Crippen LogP contribution in [0.5, 0.6) is 0 Å². The second-order valence-electron chi connectivity index (χ2n) is 6.08. The van der Waals surface area contributed by atoms with Crippen LogP contribution in [0.4, 0.5) is 17.2 Å². The highest BCUT2D eigenvalue weighted by atomic mass is 16.2. The van der Waals surface area contributed by atoms with Crippen molar-refractivity contribution in [3.05, 3.63) is 77.5 Å². The van der Waals surface area contributed by atoms with Gasteiger partial charge in [0, 0.05) is 17.9 Å². The Labute approximate surface area is 146 Å². The molecule has 0 radical (unpaired) electrons. The number of hydrogen-bond donors (Lipinski definition) is 1. The number of rotatable bonds is 3. The van der Waals surface area contributed by atoms with Gasteiger partial charge in [-0.25, -0.2) is 0 Å². The van der Waals surface area contributed by atoms with Crippen molar-refractivity contribution in [1.82, 2.24) is 10.2 Å². The first kappa shape index (κ1) is 15.3. The lowest BCUT2D eigenvalue weighted by atomic mass is 10.2. The van der Waals surface area contributed by atoms with E-state index in [1.54, 1.807) is 17.0 Å². The lowest BCUT2D eigenvalue weighted by Crippen LogP contribution is -2.29. The van der Waals surface area contributed by atoms with E-state index in [2.05, 4.69) is 21.6 Å². The summed E-state index contributed by atoms with van der Waals surface area (Å²) < 4.78 is 0. The van der Waals surface area contributed by atoms with Crippen molar-refractivity contribution in [2.45, 2.75) is 13.3 Å². The SMILES string of the molecule is Cc1ccccc1Nc1ccc(C(=O)N2CCc3ccccc32)nn1. The predicted octanol–water partition coefficient (Wildman–Crippen LogP) is 3.73. The third kappa shape index (κ3) is 2.96. The van der Waals surface area contributed by atoms with Crippen molar-refractivity contribution >= 4 is 23.1 Å². The fraction of sp³-hybridized carbons (Fsp3) is 0.150. The van der Waals surface area contributed by atoms with Crippen LogP contribution in [0.2, 0.25) is 0 Å². The largest absolute Gasteiger partial charge is 0.339 e. The van der Waals surface area contributed by atoms with Crippen molar-refractivity contribution in [3.63, 3.8) is 0 Å². The second kappa shape index (κ2) is 6.36. The fourth-order valence-electron chi connectivity index (χ4n) is 3.05. The molecule has 1 aliphatic heterocycles. The first-order valence-corrected chi connectivity index (χ1v) is 8.28. The minimum Gasteiger partial charge on any atom is -0.339 e. The van der Waals surface area contributed by atoms with Crippen LogP contribution in [0, 0.1) is 6.92 Å². The Morgan fingerprint density at radius 3 is 2.60 bits per heavy atom. The summed E-state index contributed by atoms with van der Waals surface area (Å²) in [4.78, 5) is 14.5. The van der Waals surface area contributed by atoms with Crippen molar-refractivity contribution in [3.8, 4) is 0 Å². The maximum Gasteiger partial charge on any atom is 0.278 e. The van der Waals surface area contributed by atoms with Gasteiger partial charge in [-0.3, -0.25) is 4.79 Å². The number of hydrogen-bond acceptors (Lipinski definition) is 4. The lowest BCUT2D eigenvalue weighted by molar-refractivity contribution is 0.0983. The van der Waals surface area contributed by atoms with Crippen molar-refractivity contribution in [2.75, 3.05) is 16.8 Å². The van der Waals surface area contributed by atoms with Crippen LogP contribution in [-0.2, 0) is 6.42 Å². The van der Waals surface area contributed by atoms with Crippen LogP contribution in [0.25, 0.3) is 0 Å². The number of para-hydroxylation sites is 2. The molecule has 0 spiro atoms. The van der Waals surface area contributed by atoms with E-state index in [0.29, 0.717) is 18.1 Å². The van der Waals surface area contributed by atoms with Gasteiger partial charge >= 0.3 is 0 Å². The van der Waals surface area contributed by atoms with E-state index in [1.807, 2.05) is 49.4 Å². The highest BCUT2D eigenvalue weighted by Gasteiger charge is 2.26. The molecule has 2 heterocycles. The summed E-state index contributed by atoms with van der Waals surface area (Å²) in [5.74, 6) is 0.507. The molecule has 0 atom stereocenters. The summed E-state index contributed by atoms with van der Waals surface area (Å²) in [5.41, 5.74) is 4.62. The first-order chi connectivity index (χ1) is 12.2. The summed E-state index contributed by atoms with van der Waals surface area (Å²) in [6.07, 6.45) is 0.877. The monoisotopic (exact) mass is 330 g/mol. The van der Waals surface area contributed by atoms with Crippen molar-refractivity contribution in [2.24, 2.45) is 0 Å². The minimum atomic E-state index is -0.111. The Balaban J connectivity index is 1.53. The molecular weight excluding hydrogens is 312 g/mol. The van der Waals surface area contributed by atoms with Crippen LogP contribution >= 0.6 is 0 Å². The maximum atomic E-state index is 12.7. The molecule has 5 heteroatoms. The number of nitrogens with one attached hydrogen (secondary N) is 1. The number of nitrogens with zero attached hydrogens (tertiary/aromatic N) is 3. The van der Waals surface area contributed by atoms with Crippen molar-refractivity contribution < 1.29 is 4.79 Å². The summed E-state index contributed by atoms with van der Waals surface area (Å²) >= 11 is 0. The van der Waals surface area contributed by atoms with Gasteiger partial charge in [-0.15, -0.1) is 10.2 Å². The van der Waals surface area contributed by atoms with Gasteiger partial charge in [-0.05, 0) is 48.7 Å². The molecule has 0 saturated heterocycles. The van der Waals surface area contributed by atoms with E-state index in [0.717, 1.165) is 23.4 Å². The minimum absolute atomic E-state index is 0.111. The highest BCUT2D eigenvalue weighted by molar-refractivity contribution is 6.06. The Hall–Kier alpha value is -3.21. The zero-order chi connectivity index (χ0) is 17.2. The summed E-state index contributed by atoms with van der Waals surface area (Å²) in [6.45, 7) is 2.71. The number of anilines is 3. The zero-order valence-corrected chi connectivity index (χ0v) is 13.9. The highest BCUT2D eigenvalue weighted by Crippen LogP contribution is 2.28. The molecule has 5 nitrogen and oxygen atoms in total. The second-order valence-corrected chi connectivity index (χ2v) is 6.08. The lowest BCUT2D eigenvalue weighted by Gasteiger charge is -2.16. The first-order valence-electron chi connectivity index (χ1n) is 8.28. The fourth-order valence-corrected chi connectivity index (χ4v) is 3.05. The summed E-state index contributed by atoms with van der Waals surface area (Å²) in [7, 11) is 0. The van der Waals surface area contributed by atoms with Gasteiger partial charge in [-0.1, -0.05) is 36.4 Å². The van der Waals surface area contributed by atoms with Gasteiger partial charge < -0.3 is 10.2 Å². The van der Waals surface area contributed by atoms with Crippen LogP contribution in [0.3, 0.4) is 0 Å². The predicted molar refractivity (Wildman–Crippen MR) is 98.3 cm³/mol. The Morgan fingerprint density at radius 1 is 1.00 bits per heavy atom. The number of amides is 1. The number of aromatic nitrogens is 2. The molecule has 0 saturated carbocycles. The molecule has 3 aromatic rings. The molecule has 1 aromatic heterocycles. The number of carbonyl (C=O) groups excluding carboxylic acids is 1. The number of aryl methyl sites for hydroxylation is 1. The number of fused-ring (bicyclic) bond motifs is 1. The van der Waals surface area contributed by atoms with Crippen molar-refractivity contribution in [1.29, 1.82) is 0 Å². The molecule has 0 aliphatic carbocycles. The molecule has 0 unspecified atom stereocenters. The van der Waals surface area contributed by atoms with Crippen LogP contribution in [0.15, 0.2) is 60.7 Å². The number of carbonyl (C=O) groups is 1. The van der Waals surface area contributed by atoms with E-state index in [4.69, 9.17) is 0 Å². The molecule has 1 aliphatic rings. The van der Waals surface area contributed by atoms with E-state index < -0.39 is 0 Å². The summed E-state index contributed by atoms with van der Waals surface area (Å²) in [5, 5.41) is 11.5.